The Balaban J connectivity index is 2.59. The number of rotatable bonds is 13. The number of hydrogen-bond acceptors (Lipinski definition) is 2. The molecule has 0 spiro atoms. The Morgan fingerprint density at radius 2 is 1.97 bits per heavy atom. The van der Waals surface area contributed by atoms with Crippen LogP contribution in [0.1, 0.15) is 64.0 Å². The number of nitrogens with zero attached hydrogens (tertiary/aromatic N) is 1. The van der Waals surface area contributed by atoms with Gasteiger partial charge in [-0.1, -0.05) is 75.9 Å². The maximum Gasteiger partial charge on any atom is 0.226 e. The smallest absolute Gasteiger partial charge is 0.226 e. The predicted molar refractivity (Wildman–Crippen MR) is 123 cm³/mol. The summed E-state index contributed by atoms with van der Waals surface area (Å²) in [5, 5.41) is 12.6. The lowest BCUT2D eigenvalue weighted by Crippen LogP contribution is -2.39. The van der Waals surface area contributed by atoms with Crippen molar-refractivity contribution >= 4 is 12.0 Å². The Labute approximate surface area is 177 Å². The van der Waals surface area contributed by atoms with Gasteiger partial charge in [0.05, 0.1) is 12.0 Å². The molecule has 0 bridgehead atoms. The average molecular weight is 393 g/mol. The normalized spacial score (nSPS) is 15.1. The van der Waals surface area contributed by atoms with E-state index in [0.29, 0.717) is 31.7 Å². The van der Waals surface area contributed by atoms with Crippen molar-refractivity contribution in [3.63, 3.8) is 0 Å². The van der Waals surface area contributed by atoms with Crippen LogP contribution in [-0.2, 0) is 11.3 Å². The predicted octanol–water partition coefficient (Wildman–Crippen LogP) is 6.44. The van der Waals surface area contributed by atoms with Crippen LogP contribution in [0, 0.1) is 28.6 Å². The summed E-state index contributed by atoms with van der Waals surface area (Å²) < 4.78 is 0. The van der Waals surface area contributed by atoms with Gasteiger partial charge in [0.1, 0.15) is 0 Å². The average Bonchev–Trinajstić information content (AvgIpc) is 2.76. The van der Waals surface area contributed by atoms with Crippen LogP contribution in [0.2, 0.25) is 0 Å². The largest absolute Gasteiger partial charge is 0.352 e. The summed E-state index contributed by atoms with van der Waals surface area (Å²) in [6, 6.07) is 10.4. The minimum Gasteiger partial charge on any atom is -0.352 e. The van der Waals surface area contributed by atoms with Crippen molar-refractivity contribution in [2.24, 2.45) is 17.3 Å². The number of nitriles is 1. The van der Waals surface area contributed by atoms with Gasteiger partial charge in [-0.3, -0.25) is 4.79 Å². The maximum absolute atomic E-state index is 12.9. The molecule has 3 unspecified atom stereocenters. The van der Waals surface area contributed by atoms with Gasteiger partial charge in [0.15, 0.2) is 0 Å². The zero-order valence-electron chi connectivity index (χ0n) is 18.3. The highest BCUT2D eigenvalue weighted by Gasteiger charge is 2.33. The quantitative estimate of drug-likeness (QED) is 0.393. The Morgan fingerprint density at radius 1 is 1.28 bits per heavy atom. The van der Waals surface area contributed by atoms with E-state index in [9.17, 15) is 10.1 Å². The van der Waals surface area contributed by atoms with Crippen LogP contribution in [0.25, 0.3) is 6.08 Å². The van der Waals surface area contributed by atoms with Gasteiger partial charge in [-0.25, -0.2) is 0 Å². The molecule has 1 rings (SSSR count). The van der Waals surface area contributed by atoms with Gasteiger partial charge >= 0.3 is 0 Å². The lowest BCUT2D eigenvalue weighted by atomic mass is 9.77. The summed E-state index contributed by atoms with van der Waals surface area (Å²) in [5.41, 5.74) is 1.56. The third kappa shape index (κ3) is 8.52. The number of carbonyl (C=O) groups is 1. The summed E-state index contributed by atoms with van der Waals surface area (Å²) >= 11 is 0. The summed E-state index contributed by atoms with van der Waals surface area (Å²) in [7, 11) is 0. The summed E-state index contributed by atoms with van der Waals surface area (Å²) in [6.07, 6.45) is 12.0. The zero-order valence-corrected chi connectivity index (χ0v) is 18.3. The first-order valence-electron chi connectivity index (χ1n) is 10.5. The Morgan fingerprint density at radius 3 is 2.52 bits per heavy atom. The molecule has 0 aliphatic rings. The minimum atomic E-state index is -0.549. The highest BCUT2D eigenvalue weighted by molar-refractivity contribution is 5.82. The van der Waals surface area contributed by atoms with E-state index >= 15 is 0 Å². The second-order valence-corrected chi connectivity index (χ2v) is 8.07. The van der Waals surface area contributed by atoms with Crippen LogP contribution in [0.15, 0.2) is 55.7 Å². The molecule has 0 aliphatic carbocycles. The van der Waals surface area contributed by atoms with Crippen molar-refractivity contribution in [2.75, 3.05) is 0 Å². The molecule has 0 heterocycles. The molecule has 0 aromatic heterocycles. The highest BCUT2D eigenvalue weighted by Crippen LogP contribution is 2.31. The monoisotopic (exact) mass is 392 g/mol. The molecular weight excluding hydrogens is 356 g/mol. The molecule has 0 fully saturated rings. The number of benzene rings is 1. The van der Waals surface area contributed by atoms with Gasteiger partial charge in [0, 0.05) is 12.0 Å². The molecule has 0 aliphatic heterocycles. The molecule has 0 saturated carbocycles. The van der Waals surface area contributed by atoms with Crippen LogP contribution in [0.4, 0.5) is 0 Å². The summed E-state index contributed by atoms with van der Waals surface area (Å²) in [6.45, 7) is 14.2. The number of nitrogens with one attached hydrogen (secondary N) is 1. The Bertz CT molecular complexity index is 726. The molecule has 1 aromatic rings. The molecule has 1 amide bonds. The fourth-order valence-corrected chi connectivity index (χ4v) is 3.15. The van der Waals surface area contributed by atoms with E-state index in [0.717, 1.165) is 24.0 Å². The molecule has 3 nitrogen and oxygen atoms in total. The van der Waals surface area contributed by atoms with E-state index in [-0.39, 0.29) is 11.8 Å². The maximum atomic E-state index is 12.9. The van der Waals surface area contributed by atoms with Crippen molar-refractivity contribution in [1.29, 1.82) is 5.26 Å². The number of allylic oxidation sites excluding steroid dienone is 3. The molecule has 1 N–H and O–H groups in total. The lowest BCUT2D eigenvalue weighted by molar-refractivity contribution is -0.131. The number of hydrogen-bond donors (Lipinski definition) is 1. The van der Waals surface area contributed by atoms with Crippen LogP contribution in [-0.4, -0.2) is 5.91 Å². The van der Waals surface area contributed by atoms with E-state index in [2.05, 4.69) is 43.6 Å². The fourth-order valence-electron chi connectivity index (χ4n) is 3.15. The number of carbonyl (C=O) groups excluding carboxylic acids is 1. The van der Waals surface area contributed by atoms with Gasteiger partial charge in [0.2, 0.25) is 5.91 Å². The second-order valence-electron chi connectivity index (χ2n) is 8.07. The van der Waals surface area contributed by atoms with Crippen LogP contribution >= 0.6 is 0 Å². The van der Waals surface area contributed by atoms with Gasteiger partial charge in [-0.05, 0) is 49.1 Å². The fraction of sp³-hybridized carbons (Fsp3) is 0.462. The first-order valence-corrected chi connectivity index (χ1v) is 10.5. The molecule has 0 saturated heterocycles. The van der Waals surface area contributed by atoms with Crippen molar-refractivity contribution in [1.82, 2.24) is 5.32 Å². The Hall–Kier alpha value is -2.60. The van der Waals surface area contributed by atoms with E-state index in [1.54, 1.807) is 6.08 Å². The molecule has 29 heavy (non-hydrogen) atoms. The second kappa shape index (κ2) is 12.8. The highest BCUT2D eigenvalue weighted by atomic mass is 16.2. The third-order valence-corrected chi connectivity index (χ3v) is 5.65. The SMILES string of the molecule is C=Cc1ccc(CNC(=O)C(C)(CC)CC(C#N)CC=CCCC(C)C=C)cc1. The van der Waals surface area contributed by atoms with Crippen LogP contribution in [0.3, 0.4) is 0 Å². The van der Waals surface area contributed by atoms with Gasteiger partial charge in [0.25, 0.3) is 0 Å². The molecule has 1 aromatic carbocycles. The van der Waals surface area contributed by atoms with E-state index in [1.807, 2.05) is 44.2 Å². The van der Waals surface area contributed by atoms with Crippen molar-refractivity contribution < 1.29 is 4.79 Å². The number of amides is 1. The zero-order chi connectivity index (χ0) is 21.7. The first-order chi connectivity index (χ1) is 13.9. The first kappa shape index (κ1) is 24.4. The van der Waals surface area contributed by atoms with Crippen LogP contribution in [0.5, 0.6) is 0 Å². The topological polar surface area (TPSA) is 52.9 Å². The third-order valence-electron chi connectivity index (χ3n) is 5.65. The van der Waals surface area contributed by atoms with E-state index in [1.165, 1.54) is 0 Å². The van der Waals surface area contributed by atoms with Gasteiger partial charge < -0.3 is 5.32 Å². The molecule has 0 radical (unpaired) electrons. The van der Waals surface area contributed by atoms with Crippen molar-refractivity contribution in [2.45, 2.75) is 59.4 Å². The Kier molecular flexibility index (Phi) is 10.8. The molecular formula is C26H36N2O. The molecule has 3 atom stereocenters. The lowest BCUT2D eigenvalue weighted by Gasteiger charge is -2.28. The van der Waals surface area contributed by atoms with Crippen LogP contribution < -0.4 is 5.32 Å². The molecule has 156 valence electrons. The van der Waals surface area contributed by atoms with E-state index < -0.39 is 5.41 Å². The minimum absolute atomic E-state index is 0.0110. The van der Waals surface area contributed by atoms with Gasteiger partial charge in [-0.15, -0.1) is 6.58 Å². The van der Waals surface area contributed by atoms with Gasteiger partial charge in [-0.2, -0.15) is 5.26 Å². The summed E-state index contributed by atoms with van der Waals surface area (Å²) in [5.74, 6) is 0.356. The van der Waals surface area contributed by atoms with Crippen molar-refractivity contribution in [3.8, 4) is 6.07 Å². The summed E-state index contributed by atoms with van der Waals surface area (Å²) in [4.78, 5) is 12.9. The molecule has 3 heteroatoms. The standard InChI is InChI=1S/C26H36N2O/c1-6-21(4)12-10-9-11-13-24(19-27)18-26(5,8-3)25(29)28-20-23-16-14-22(7-2)15-17-23/h6-7,9,11,14-17,21,24H,1-2,8,10,12-13,18,20H2,3-5H3,(H,28,29). The van der Waals surface area contributed by atoms with E-state index in [4.69, 9.17) is 0 Å². The van der Waals surface area contributed by atoms with Crippen molar-refractivity contribution in [3.05, 3.63) is 66.8 Å².